The summed E-state index contributed by atoms with van der Waals surface area (Å²) in [5, 5.41) is 7.11. The normalized spacial score (nSPS) is 26.7. The molecule has 1 fully saturated rings. The van der Waals surface area contributed by atoms with Gasteiger partial charge < -0.3 is 10.6 Å². The van der Waals surface area contributed by atoms with Gasteiger partial charge in [-0.15, -0.1) is 0 Å². The van der Waals surface area contributed by atoms with Gasteiger partial charge in [0.15, 0.2) is 5.96 Å². The number of hydrogen-bond donors (Lipinski definition) is 2. The molecule has 0 spiro atoms. The lowest BCUT2D eigenvalue weighted by Gasteiger charge is -2.30. The maximum absolute atomic E-state index is 11.9. The van der Waals surface area contributed by atoms with Gasteiger partial charge >= 0.3 is 0 Å². The van der Waals surface area contributed by atoms with E-state index in [9.17, 15) is 4.21 Å². The summed E-state index contributed by atoms with van der Waals surface area (Å²) in [5.74, 6) is 1.66. The second-order valence-corrected chi connectivity index (χ2v) is 6.80. The highest BCUT2D eigenvalue weighted by molar-refractivity contribution is 7.85. The van der Waals surface area contributed by atoms with Crippen LogP contribution >= 0.6 is 0 Å². The first-order chi connectivity index (χ1) is 8.71. The molecule has 1 rings (SSSR count). The van der Waals surface area contributed by atoms with Crippen molar-refractivity contribution >= 4 is 16.8 Å². The Bertz CT molecular complexity index is 294. The zero-order chi connectivity index (χ0) is 13.4. The lowest BCUT2D eigenvalue weighted by molar-refractivity contribution is 0.413. The highest BCUT2D eigenvalue weighted by Gasteiger charge is 2.25. The zero-order valence-corrected chi connectivity index (χ0v) is 12.7. The molecule has 1 aliphatic rings. The molecule has 5 heteroatoms. The summed E-state index contributed by atoms with van der Waals surface area (Å²) in [6.07, 6.45) is 5.53. The molecule has 0 aromatic rings. The molecule has 0 aromatic carbocycles. The Labute approximate surface area is 113 Å². The van der Waals surface area contributed by atoms with Crippen LogP contribution in [0.15, 0.2) is 4.99 Å². The molecule has 3 atom stereocenters. The third-order valence-electron chi connectivity index (χ3n) is 3.39. The molecule has 2 N–H and O–H groups in total. The van der Waals surface area contributed by atoms with Crippen molar-refractivity contribution in [2.75, 3.05) is 19.3 Å². The van der Waals surface area contributed by atoms with Gasteiger partial charge in [-0.3, -0.25) is 9.20 Å². The molecule has 3 unspecified atom stereocenters. The summed E-state index contributed by atoms with van der Waals surface area (Å²) < 4.78 is 11.9. The summed E-state index contributed by atoms with van der Waals surface area (Å²) in [6, 6.07) is 0.419. The van der Waals surface area contributed by atoms with E-state index in [2.05, 4.69) is 22.5 Å². The topological polar surface area (TPSA) is 53.5 Å². The van der Waals surface area contributed by atoms with Gasteiger partial charge in [0.1, 0.15) is 0 Å². The van der Waals surface area contributed by atoms with Gasteiger partial charge in [0.05, 0.1) is 0 Å². The molecule has 1 aliphatic carbocycles. The van der Waals surface area contributed by atoms with Gasteiger partial charge in [0.25, 0.3) is 0 Å². The lowest BCUT2D eigenvalue weighted by Crippen LogP contribution is -2.46. The molecule has 4 nitrogen and oxygen atoms in total. The largest absolute Gasteiger partial charge is 0.356 e. The van der Waals surface area contributed by atoms with Crippen molar-refractivity contribution in [2.45, 2.75) is 57.2 Å². The van der Waals surface area contributed by atoms with Crippen LogP contribution in [-0.2, 0) is 10.8 Å². The second-order valence-electron chi connectivity index (χ2n) is 4.80. The fraction of sp³-hybridized carbons (Fsp3) is 0.923. The molecule has 0 aromatic heterocycles. The maximum atomic E-state index is 11.9. The average Bonchev–Trinajstić information content (AvgIpc) is 2.42. The molecule has 0 bridgehead atoms. The van der Waals surface area contributed by atoms with E-state index in [1.165, 1.54) is 6.42 Å². The summed E-state index contributed by atoms with van der Waals surface area (Å²) in [4.78, 5) is 4.23. The molecule has 106 valence electrons. The van der Waals surface area contributed by atoms with E-state index < -0.39 is 10.8 Å². The van der Waals surface area contributed by atoms with E-state index in [1.807, 2.05) is 6.92 Å². The smallest absolute Gasteiger partial charge is 0.191 e. The van der Waals surface area contributed by atoms with Crippen molar-refractivity contribution in [1.29, 1.82) is 0 Å². The van der Waals surface area contributed by atoms with Gasteiger partial charge in [-0.05, 0) is 25.7 Å². The minimum Gasteiger partial charge on any atom is -0.356 e. The van der Waals surface area contributed by atoms with Crippen LogP contribution in [0, 0.1) is 0 Å². The highest BCUT2D eigenvalue weighted by Crippen LogP contribution is 2.22. The van der Waals surface area contributed by atoms with Gasteiger partial charge in [0.2, 0.25) is 0 Å². The molecule has 0 heterocycles. The average molecular weight is 273 g/mol. The molecule has 18 heavy (non-hydrogen) atoms. The van der Waals surface area contributed by atoms with Crippen LogP contribution in [0.25, 0.3) is 0 Å². The third kappa shape index (κ3) is 4.96. The van der Waals surface area contributed by atoms with Crippen molar-refractivity contribution in [1.82, 2.24) is 10.6 Å². The lowest BCUT2D eigenvalue weighted by atomic mass is 9.95. The van der Waals surface area contributed by atoms with Crippen molar-refractivity contribution in [3.05, 3.63) is 0 Å². The Morgan fingerprint density at radius 3 is 2.78 bits per heavy atom. The zero-order valence-electron chi connectivity index (χ0n) is 11.9. The number of aliphatic imine (C=N–C) groups is 1. The van der Waals surface area contributed by atoms with E-state index in [0.717, 1.165) is 43.9 Å². The molecular formula is C13H27N3OS. The minimum absolute atomic E-state index is 0.366. The first kappa shape index (κ1) is 15.5. The van der Waals surface area contributed by atoms with Gasteiger partial charge in [-0.1, -0.05) is 20.3 Å². The Hall–Kier alpha value is -0.580. The number of nitrogens with zero attached hydrogens (tertiary/aromatic N) is 1. The standard InChI is InChI=1S/C13H27N3OS/c1-4-9-15-13(14-3)16-11-7-6-8-12(10-11)18(17)5-2/h11-12H,4-10H2,1-3H3,(H2,14,15,16). The minimum atomic E-state index is -0.657. The molecule has 0 radical (unpaired) electrons. The number of hydrogen-bond acceptors (Lipinski definition) is 2. The quantitative estimate of drug-likeness (QED) is 0.591. The van der Waals surface area contributed by atoms with E-state index in [0.29, 0.717) is 11.3 Å². The van der Waals surface area contributed by atoms with Crippen LogP contribution < -0.4 is 10.6 Å². The van der Waals surface area contributed by atoms with Crippen LogP contribution in [0.5, 0.6) is 0 Å². The predicted octanol–water partition coefficient (Wildman–Crippen LogP) is 1.64. The van der Waals surface area contributed by atoms with Crippen LogP contribution in [-0.4, -0.2) is 40.8 Å². The Morgan fingerprint density at radius 2 is 2.17 bits per heavy atom. The molecular weight excluding hydrogens is 246 g/mol. The number of rotatable bonds is 5. The van der Waals surface area contributed by atoms with Crippen molar-refractivity contribution in [3.8, 4) is 0 Å². The first-order valence-electron chi connectivity index (χ1n) is 7.05. The Balaban J connectivity index is 2.43. The Morgan fingerprint density at radius 1 is 1.39 bits per heavy atom. The fourth-order valence-electron chi connectivity index (χ4n) is 2.38. The van der Waals surface area contributed by atoms with Gasteiger partial charge in [0, 0.05) is 41.4 Å². The molecule has 0 saturated heterocycles. The van der Waals surface area contributed by atoms with Crippen LogP contribution in [0.3, 0.4) is 0 Å². The van der Waals surface area contributed by atoms with E-state index in [4.69, 9.17) is 0 Å². The summed E-state index contributed by atoms with van der Waals surface area (Å²) in [5.41, 5.74) is 0. The van der Waals surface area contributed by atoms with Crippen LogP contribution in [0.2, 0.25) is 0 Å². The number of guanidine groups is 1. The summed E-state index contributed by atoms with van der Waals surface area (Å²) in [7, 11) is 1.14. The molecule has 0 amide bonds. The van der Waals surface area contributed by atoms with Crippen molar-refractivity contribution < 1.29 is 4.21 Å². The monoisotopic (exact) mass is 273 g/mol. The third-order valence-corrected chi connectivity index (χ3v) is 5.13. The highest BCUT2D eigenvalue weighted by atomic mass is 32.2. The molecule has 0 aliphatic heterocycles. The van der Waals surface area contributed by atoms with E-state index in [-0.39, 0.29) is 0 Å². The summed E-state index contributed by atoms with van der Waals surface area (Å²) >= 11 is 0. The van der Waals surface area contributed by atoms with Crippen LogP contribution in [0.4, 0.5) is 0 Å². The van der Waals surface area contributed by atoms with Crippen molar-refractivity contribution in [2.24, 2.45) is 4.99 Å². The van der Waals surface area contributed by atoms with Crippen LogP contribution in [0.1, 0.15) is 46.0 Å². The first-order valence-corrected chi connectivity index (χ1v) is 8.43. The predicted molar refractivity (Wildman–Crippen MR) is 79.5 cm³/mol. The SMILES string of the molecule is CCCNC(=NC)NC1CCCC(S(=O)CC)C1. The Kier molecular flexibility index (Phi) is 7.32. The fourth-order valence-corrected chi connectivity index (χ4v) is 3.73. The van der Waals surface area contributed by atoms with E-state index >= 15 is 0 Å². The van der Waals surface area contributed by atoms with Gasteiger partial charge in [-0.25, -0.2) is 0 Å². The van der Waals surface area contributed by atoms with E-state index in [1.54, 1.807) is 7.05 Å². The summed E-state index contributed by atoms with van der Waals surface area (Å²) in [6.45, 7) is 5.09. The maximum Gasteiger partial charge on any atom is 0.191 e. The second kappa shape index (κ2) is 8.51. The van der Waals surface area contributed by atoms with Gasteiger partial charge in [-0.2, -0.15) is 0 Å². The van der Waals surface area contributed by atoms with Crippen molar-refractivity contribution in [3.63, 3.8) is 0 Å². The molecule has 1 saturated carbocycles. The number of nitrogens with one attached hydrogen (secondary N) is 2.